The van der Waals surface area contributed by atoms with Crippen molar-refractivity contribution in [3.05, 3.63) is 48.0 Å². The highest BCUT2D eigenvalue weighted by molar-refractivity contribution is 5.86. The molecule has 0 bridgehead atoms. The maximum Gasteiger partial charge on any atom is 0.377 e. The smallest absolute Gasteiger partial charge is 0.377 e. The third kappa shape index (κ3) is 3.47. The highest BCUT2D eigenvalue weighted by Gasteiger charge is 2.23. The van der Waals surface area contributed by atoms with Crippen LogP contribution < -0.4 is 0 Å². The molecule has 1 aliphatic heterocycles. The van der Waals surface area contributed by atoms with E-state index in [2.05, 4.69) is 10.2 Å². The van der Waals surface area contributed by atoms with Gasteiger partial charge in [0.2, 0.25) is 11.6 Å². The van der Waals surface area contributed by atoms with Crippen molar-refractivity contribution in [2.45, 2.75) is 13.0 Å². The SMILES string of the molecule is C[C@H](OC(=O)C1=COCCO1)c1nnc(-c2ccc(F)cc2)o1. The highest BCUT2D eigenvalue weighted by Crippen LogP contribution is 2.23. The van der Waals surface area contributed by atoms with E-state index in [1.54, 1.807) is 6.92 Å². The van der Waals surface area contributed by atoms with E-state index in [4.69, 9.17) is 18.6 Å². The van der Waals surface area contributed by atoms with E-state index in [1.165, 1.54) is 30.5 Å². The molecule has 0 radical (unpaired) electrons. The van der Waals surface area contributed by atoms with Crippen LogP contribution in [0, 0.1) is 5.82 Å². The van der Waals surface area contributed by atoms with Crippen molar-refractivity contribution < 1.29 is 27.8 Å². The number of hydrogen-bond acceptors (Lipinski definition) is 7. The van der Waals surface area contributed by atoms with E-state index in [0.717, 1.165) is 0 Å². The fourth-order valence-corrected chi connectivity index (χ4v) is 1.85. The molecule has 1 aliphatic rings. The van der Waals surface area contributed by atoms with Gasteiger partial charge in [-0.3, -0.25) is 0 Å². The van der Waals surface area contributed by atoms with E-state index >= 15 is 0 Å². The van der Waals surface area contributed by atoms with Crippen molar-refractivity contribution in [1.29, 1.82) is 0 Å². The first kappa shape index (κ1) is 15.0. The van der Waals surface area contributed by atoms with Gasteiger partial charge in [0.25, 0.3) is 5.89 Å². The molecule has 0 unspecified atom stereocenters. The van der Waals surface area contributed by atoms with Crippen molar-refractivity contribution >= 4 is 5.97 Å². The Morgan fingerprint density at radius 2 is 2.04 bits per heavy atom. The number of esters is 1. The summed E-state index contributed by atoms with van der Waals surface area (Å²) >= 11 is 0. The summed E-state index contributed by atoms with van der Waals surface area (Å²) in [4.78, 5) is 11.9. The zero-order chi connectivity index (χ0) is 16.2. The van der Waals surface area contributed by atoms with Crippen molar-refractivity contribution in [2.75, 3.05) is 13.2 Å². The molecule has 2 heterocycles. The largest absolute Gasteiger partial charge is 0.493 e. The highest BCUT2D eigenvalue weighted by atomic mass is 19.1. The van der Waals surface area contributed by atoms with Gasteiger partial charge >= 0.3 is 5.97 Å². The summed E-state index contributed by atoms with van der Waals surface area (Å²) in [6.07, 6.45) is 0.437. The first-order valence-corrected chi connectivity index (χ1v) is 6.88. The molecule has 0 saturated heterocycles. The van der Waals surface area contributed by atoms with Crippen molar-refractivity contribution in [2.24, 2.45) is 0 Å². The average molecular weight is 320 g/mol. The molecule has 0 saturated carbocycles. The minimum Gasteiger partial charge on any atom is -0.493 e. The molecule has 120 valence electrons. The van der Waals surface area contributed by atoms with E-state index in [1.807, 2.05) is 0 Å². The van der Waals surface area contributed by atoms with Gasteiger partial charge in [-0.25, -0.2) is 9.18 Å². The molecule has 3 rings (SSSR count). The molecule has 0 N–H and O–H groups in total. The normalized spacial score (nSPS) is 15.1. The topological polar surface area (TPSA) is 83.7 Å². The third-order valence-corrected chi connectivity index (χ3v) is 3.01. The molecule has 1 atom stereocenters. The Morgan fingerprint density at radius 3 is 2.74 bits per heavy atom. The Bertz CT molecular complexity index is 726. The fourth-order valence-electron chi connectivity index (χ4n) is 1.85. The molecule has 2 aromatic rings. The summed E-state index contributed by atoms with van der Waals surface area (Å²) in [5.41, 5.74) is 0.565. The van der Waals surface area contributed by atoms with E-state index < -0.39 is 12.1 Å². The van der Waals surface area contributed by atoms with Gasteiger partial charge in [0.05, 0.1) is 0 Å². The van der Waals surface area contributed by atoms with Gasteiger partial charge in [-0.1, -0.05) is 0 Å². The molecule has 23 heavy (non-hydrogen) atoms. The summed E-state index contributed by atoms with van der Waals surface area (Å²) in [6.45, 7) is 2.26. The molecule has 1 aromatic heterocycles. The first-order valence-electron chi connectivity index (χ1n) is 6.88. The quantitative estimate of drug-likeness (QED) is 0.800. The molecule has 0 amide bonds. The first-order chi connectivity index (χ1) is 11.1. The van der Waals surface area contributed by atoms with Crippen molar-refractivity contribution in [3.63, 3.8) is 0 Å². The minimum atomic E-state index is -0.768. The third-order valence-electron chi connectivity index (χ3n) is 3.01. The van der Waals surface area contributed by atoms with Gasteiger partial charge in [0.1, 0.15) is 25.3 Å². The second-order valence-corrected chi connectivity index (χ2v) is 4.70. The molecule has 1 aromatic carbocycles. The van der Waals surface area contributed by atoms with Gasteiger partial charge in [0.15, 0.2) is 6.10 Å². The van der Waals surface area contributed by atoms with Crippen LogP contribution in [-0.2, 0) is 19.0 Å². The van der Waals surface area contributed by atoms with E-state index in [9.17, 15) is 9.18 Å². The molecule has 8 heteroatoms. The maximum atomic E-state index is 12.9. The predicted molar refractivity (Wildman–Crippen MR) is 74.2 cm³/mol. The van der Waals surface area contributed by atoms with Crippen LogP contribution in [0.1, 0.15) is 18.9 Å². The number of carbonyl (C=O) groups is 1. The van der Waals surface area contributed by atoms with Gasteiger partial charge < -0.3 is 18.6 Å². The zero-order valence-electron chi connectivity index (χ0n) is 12.2. The monoisotopic (exact) mass is 320 g/mol. The van der Waals surface area contributed by atoms with Gasteiger partial charge in [-0.05, 0) is 31.2 Å². The molecule has 0 aliphatic carbocycles. The van der Waals surface area contributed by atoms with Crippen molar-refractivity contribution in [1.82, 2.24) is 10.2 Å². The Morgan fingerprint density at radius 1 is 1.26 bits per heavy atom. The van der Waals surface area contributed by atoms with Gasteiger partial charge in [0, 0.05) is 5.56 Å². The number of rotatable bonds is 4. The predicted octanol–water partition coefficient (Wildman–Crippen LogP) is 2.37. The lowest BCUT2D eigenvalue weighted by atomic mass is 10.2. The summed E-state index contributed by atoms with van der Waals surface area (Å²) < 4.78 is 33.6. The number of ether oxygens (including phenoxy) is 3. The average Bonchev–Trinajstić information content (AvgIpc) is 3.06. The van der Waals surface area contributed by atoms with Gasteiger partial charge in [-0.2, -0.15) is 0 Å². The van der Waals surface area contributed by atoms with Crippen LogP contribution in [0.5, 0.6) is 0 Å². The number of benzene rings is 1. The lowest BCUT2D eigenvalue weighted by molar-refractivity contribution is -0.150. The Kier molecular flexibility index (Phi) is 4.22. The second kappa shape index (κ2) is 6.47. The van der Waals surface area contributed by atoms with Crippen LogP contribution in [0.3, 0.4) is 0 Å². The van der Waals surface area contributed by atoms with Gasteiger partial charge in [-0.15, -0.1) is 10.2 Å². The maximum absolute atomic E-state index is 12.9. The molecular formula is C15H13FN2O5. The number of carbonyl (C=O) groups excluding carboxylic acids is 1. The van der Waals surface area contributed by atoms with Crippen LogP contribution in [-0.4, -0.2) is 29.4 Å². The second-order valence-electron chi connectivity index (χ2n) is 4.70. The summed E-state index contributed by atoms with van der Waals surface area (Å²) in [5.74, 6) is -0.728. The van der Waals surface area contributed by atoms with Crippen LogP contribution >= 0.6 is 0 Å². The number of nitrogens with zero attached hydrogens (tertiary/aromatic N) is 2. The van der Waals surface area contributed by atoms with Crippen LogP contribution in [0.2, 0.25) is 0 Å². The molecule has 7 nitrogen and oxygen atoms in total. The Hall–Kier alpha value is -2.90. The summed E-state index contributed by atoms with van der Waals surface area (Å²) in [7, 11) is 0. The Labute approximate surface area is 130 Å². The number of aromatic nitrogens is 2. The zero-order valence-corrected chi connectivity index (χ0v) is 12.2. The number of halogens is 1. The minimum absolute atomic E-state index is 0.0126. The van der Waals surface area contributed by atoms with Crippen LogP contribution in [0.15, 0.2) is 40.7 Å². The standard InChI is InChI=1S/C15H13FN2O5/c1-9(22-15(19)12-8-20-6-7-21-12)13-17-18-14(23-13)10-2-4-11(16)5-3-10/h2-5,8-9H,6-7H2,1H3/t9-/m0/s1. The van der Waals surface area contributed by atoms with Crippen LogP contribution in [0.25, 0.3) is 11.5 Å². The Balaban J connectivity index is 1.68. The molecule has 0 spiro atoms. The van der Waals surface area contributed by atoms with Crippen LogP contribution in [0.4, 0.5) is 4.39 Å². The van der Waals surface area contributed by atoms with E-state index in [0.29, 0.717) is 12.2 Å². The van der Waals surface area contributed by atoms with E-state index in [-0.39, 0.29) is 30.0 Å². The lowest BCUT2D eigenvalue weighted by Gasteiger charge is -2.15. The summed E-state index contributed by atoms with van der Waals surface area (Å²) in [5, 5.41) is 7.69. The fraction of sp³-hybridized carbons (Fsp3) is 0.267. The lowest BCUT2D eigenvalue weighted by Crippen LogP contribution is -2.18. The molecular weight excluding hydrogens is 307 g/mol. The molecule has 0 fully saturated rings. The van der Waals surface area contributed by atoms with Crippen molar-refractivity contribution in [3.8, 4) is 11.5 Å². The number of hydrogen-bond donors (Lipinski definition) is 0. The summed E-state index contributed by atoms with van der Waals surface area (Å²) in [6, 6.07) is 5.60.